The standard InChI is InChI=1S/C13H16FN3O2/c14-10-4-11(6-12(5-10)17(18)19)16-7-9-2-1-3-15-13(9)8-16/h4-6,9,13,15H,1-3,7-8H2/t9-,13+/m0/s1. The number of hydrogen-bond acceptors (Lipinski definition) is 4. The zero-order valence-corrected chi connectivity index (χ0v) is 10.5. The first-order valence-corrected chi connectivity index (χ1v) is 6.57. The van der Waals surface area contributed by atoms with Gasteiger partial charge in [0.1, 0.15) is 5.82 Å². The van der Waals surface area contributed by atoms with Crippen LogP contribution in [0.3, 0.4) is 0 Å². The van der Waals surface area contributed by atoms with Crippen molar-refractivity contribution in [1.82, 2.24) is 5.32 Å². The van der Waals surface area contributed by atoms with Crippen molar-refractivity contribution in [3.63, 3.8) is 0 Å². The number of hydrogen-bond donors (Lipinski definition) is 1. The highest BCUT2D eigenvalue weighted by molar-refractivity contribution is 5.54. The van der Waals surface area contributed by atoms with E-state index in [1.807, 2.05) is 4.90 Å². The smallest absolute Gasteiger partial charge is 0.274 e. The van der Waals surface area contributed by atoms with Gasteiger partial charge in [-0.25, -0.2) is 4.39 Å². The lowest BCUT2D eigenvalue weighted by Gasteiger charge is -2.24. The van der Waals surface area contributed by atoms with Gasteiger partial charge in [0.05, 0.1) is 11.0 Å². The third kappa shape index (κ3) is 2.40. The normalized spacial score (nSPS) is 26.3. The highest BCUT2D eigenvalue weighted by Crippen LogP contribution is 2.31. The van der Waals surface area contributed by atoms with Gasteiger partial charge in [-0.3, -0.25) is 10.1 Å². The maximum atomic E-state index is 13.5. The molecule has 0 spiro atoms. The topological polar surface area (TPSA) is 58.4 Å². The van der Waals surface area contributed by atoms with Crippen LogP contribution in [0.25, 0.3) is 0 Å². The summed E-state index contributed by atoms with van der Waals surface area (Å²) in [5.41, 5.74) is 0.431. The molecule has 0 unspecified atom stereocenters. The van der Waals surface area contributed by atoms with Gasteiger partial charge in [0.15, 0.2) is 0 Å². The van der Waals surface area contributed by atoms with E-state index in [0.29, 0.717) is 17.6 Å². The molecule has 2 heterocycles. The highest BCUT2D eigenvalue weighted by atomic mass is 19.1. The van der Waals surface area contributed by atoms with Crippen molar-refractivity contribution in [3.8, 4) is 0 Å². The van der Waals surface area contributed by atoms with Crippen molar-refractivity contribution in [2.75, 3.05) is 24.5 Å². The van der Waals surface area contributed by atoms with Gasteiger partial charge in [-0.1, -0.05) is 0 Å². The summed E-state index contributed by atoms with van der Waals surface area (Å²) >= 11 is 0. The molecule has 1 aromatic rings. The Morgan fingerprint density at radius 3 is 2.95 bits per heavy atom. The Labute approximate surface area is 110 Å². The monoisotopic (exact) mass is 265 g/mol. The highest BCUT2D eigenvalue weighted by Gasteiger charge is 2.34. The molecule has 2 fully saturated rings. The maximum absolute atomic E-state index is 13.5. The molecule has 0 saturated carbocycles. The van der Waals surface area contributed by atoms with Crippen LogP contribution in [0.4, 0.5) is 15.8 Å². The summed E-state index contributed by atoms with van der Waals surface area (Å²) in [5, 5.41) is 14.2. The van der Waals surface area contributed by atoms with Crippen LogP contribution in [0.15, 0.2) is 18.2 Å². The number of anilines is 1. The zero-order chi connectivity index (χ0) is 13.4. The largest absolute Gasteiger partial charge is 0.369 e. The number of nitro benzene ring substituents is 1. The summed E-state index contributed by atoms with van der Waals surface area (Å²) in [7, 11) is 0. The van der Waals surface area contributed by atoms with E-state index < -0.39 is 10.7 Å². The van der Waals surface area contributed by atoms with Crippen LogP contribution in [0.1, 0.15) is 12.8 Å². The second kappa shape index (κ2) is 4.77. The number of rotatable bonds is 2. The number of nitrogens with one attached hydrogen (secondary N) is 1. The fourth-order valence-electron chi connectivity index (χ4n) is 3.10. The molecule has 1 N–H and O–H groups in total. The third-order valence-corrected chi connectivity index (χ3v) is 4.04. The number of piperidine rings is 1. The maximum Gasteiger partial charge on any atom is 0.274 e. The second-order valence-electron chi connectivity index (χ2n) is 5.29. The first-order chi connectivity index (χ1) is 9.13. The number of fused-ring (bicyclic) bond motifs is 1. The Morgan fingerprint density at radius 2 is 2.21 bits per heavy atom. The third-order valence-electron chi connectivity index (χ3n) is 4.04. The Balaban J connectivity index is 1.84. The van der Waals surface area contributed by atoms with Crippen molar-refractivity contribution < 1.29 is 9.31 Å². The Kier molecular flexibility index (Phi) is 3.10. The molecule has 19 heavy (non-hydrogen) atoms. The molecule has 0 bridgehead atoms. The average Bonchev–Trinajstić information content (AvgIpc) is 2.81. The fourth-order valence-corrected chi connectivity index (χ4v) is 3.10. The molecule has 2 saturated heterocycles. The van der Waals surface area contributed by atoms with E-state index in [-0.39, 0.29) is 5.69 Å². The summed E-state index contributed by atoms with van der Waals surface area (Å²) in [4.78, 5) is 12.3. The molecular formula is C13H16FN3O2. The molecule has 0 radical (unpaired) electrons. The number of nitrogens with zero attached hydrogens (tertiary/aromatic N) is 2. The minimum Gasteiger partial charge on any atom is -0.369 e. The van der Waals surface area contributed by atoms with E-state index in [4.69, 9.17) is 0 Å². The lowest BCUT2D eigenvalue weighted by molar-refractivity contribution is -0.385. The minimum atomic E-state index is -0.549. The molecule has 3 rings (SSSR count). The Hall–Kier alpha value is -1.69. The summed E-state index contributed by atoms with van der Waals surface area (Å²) in [6.45, 7) is 2.67. The van der Waals surface area contributed by atoms with Gasteiger partial charge in [-0.15, -0.1) is 0 Å². The second-order valence-corrected chi connectivity index (χ2v) is 5.29. The summed E-state index contributed by atoms with van der Waals surface area (Å²) in [6, 6.07) is 4.23. The summed E-state index contributed by atoms with van der Waals surface area (Å²) < 4.78 is 13.5. The molecular weight excluding hydrogens is 249 g/mol. The van der Waals surface area contributed by atoms with Crippen molar-refractivity contribution in [2.45, 2.75) is 18.9 Å². The molecule has 2 atom stereocenters. The SMILES string of the molecule is O=[N+]([O-])c1cc(F)cc(N2C[C@@H]3CCCN[C@@H]3C2)c1. The van der Waals surface area contributed by atoms with E-state index in [1.54, 1.807) is 0 Å². The molecule has 6 heteroatoms. The van der Waals surface area contributed by atoms with E-state index in [9.17, 15) is 14.5 Å². The first-order valence-electron chi connectivity index (χ1n) is 6.57. The van der Waals surface area contributed by atoms with Gasteiger partial charge in [-0.2, -0.15) is 0 Å². The van der Waals surface area contributed by atoms with Crippen molar-refractivity contribution in [2.24, 2.45) is 5.92 Å². The van der Waals surface area contributed by atoms with E-state index in [0.717, 1.165) is 32.1 Å². The Morgan fingerprint density at radius 1 is 1.37 bits per heavy atom. The van der Waals surface area contributed by atoms with Gasteiger partial charge in [0, 0.05) is 30.9 Å². The fraction of sp³-hybridized carbons (Fsp3) is 0.538. The molecule has 2 aliphatic heterocycles. The number of benzene rings is 1. The van der Waals surface area contributed by atoms with Crippen molar-refractivity contribution in [3.05, 3.63) is 34.1 Å². The lowest BCUT2D eigenvalue weighted by atomic mass is 9.94. The summed E-state index contributed by atoms with van der Waals surface area (Å²) in [6.07, 6.45) is 2.34. The predicted molar refractivity (Wildman–Crippen MR) is 69.8 cm³/mol. The van der Waals surface area contributed by atoms with Gasteiger partial charge in [0.25, 0.3) is 5.69 Å². The van der Waals surface area contributed by atoms with Crippen molar-refractivity contribution >= 4 is 11.4 Å². The van der Waals surface area contributed by atoms with Gasteiger partial charge >= 0.3 is 0 Å². The van der Waals surface area contributed by atoms with Crippen molar-refractivity contribution in [1.29, 1.82) is 0 Å². The van der Waals surface area contributed by atoms with Crippen LogP contribution in [-0.2, 0) is 0 Å². The van der Waals surface area contributed by atoms with Crippen LogP contribution in [0, 0.1) is 21.8 Å². The molecule has 5 nitrogen and oxygen atoms in total. The number of nitro groups is 1. The van der Waals surface area contributed by atoms with E-state index in [1.165, 1.54) is 18.6 Å². The summed E-state index contributed by atoms with van der Waals surface area (Å²) in [5.74, 6) is 0.0168. The van der Waals surface area contributed by atoms with Crippen LogP contribution >= 0.6 is 0 Å². The molecule has 0 aromatic heterocycles. The van der Waals surface area contributed by atoms with E-state index in [2.05, 4.69) is 5.32 Å². The molecule has 0 amide bonds. The minimum absolute atomic E-state index is 0.183. The predicted octanol–water partition coefficient (Wildman–Crippen LogP) is 1.92. The van der Waals surface area contributed by atoms with Gasteiger partial charge < -0.3 is 10.2 Å². The van der Waals surface area contributed by atoms with Crippen LogP contribution in [0.5, 0.6) is 0 Å². The quantitative estimate of drug-likeness (QED) is 0.655. The van der Waals surface area contributed by atoms with E-state index >= 15 is 0 Å². The van der Waals surface area contributed by atoms with Crippen LogP contribution in [0.2, 0.25) is 0 Å². The number of halogens is 1. The Bertz CT molecular complexity index is 495. The lowest BCUT2D eigenvalue weighted by Crippen LogP contribution is -2.40. The van der Waals surface area contributed by atoms with Gasteiger partial charge in [0.2, 0.25) is 0 Å². The van der Waals surface area contributed by atoms with Crippen LogP contribution < -0.4 is 10.2 Å². The number of non-ortho nitro benzene ring substituents is 1. The molecule has 2 aliphatic rings. The zero-order valence-electron chi connectivity index (χ0n) is 10.5. The average molecular weight is 265 g/mol. The molecule has 102 valence electrons. The van der Waals surface area contributed by atoms with Gasteiger partial charge in [-0.05, 0) is 31.4 Å². The van der Waals surface area contributed by atoms with Crippen LogP contribution in [-0.4, -0.2) is 30.6 Å². The first kappa shape index (κ1) is 12.3. The molecule has 0 aliphatic carbocycles. The molecule has 1 aromatic carbocycles.